The lowest BCUT2D eigenvalue weighted by atomic mass is 9.86. The topological polar surface area (TPSA) is 49.3 Å². The highest BCUT2D eigenvalue weighted by atomic mass is 19.1. The first kappa shape index (κ1) is 18.8. The Bertz CT molecular complexity index is 796. The van der Waals surface area contributed by atoms with Gasteiger partial charge in [-0.3, -0.25) is 4.79 Å². The van der Waals surface area contributed by atoms with E-state index in [0.717, 1.165) is 43.3 Å². The molecule has 0 atom stereocenters. The number of carbonyl (C=O) groups excluding carboxylic acids is 1. The maximum Gasteiger partial charge on any atom is 0.222 e. The number of nitrogens with zero attached hydrogens (tertiary/aromatic N) is 4. The lowest BCUT2D eigenvalue weighted by molar-refractivity contribution is -0.132. The number of halogens is 1. The third-order valence-corrected chi connectivity index (χ3v) is 5.94. The van der Waals surface area contributed by atoms with E-state index >= 15 is 0 Å². The molecule has 1 saturated heterocycles. The summed E-state index contributed by atoms with van der Waals surface area (Å²) in [6.07, 6.45) is 8.54. The first-order valence-electron chi connectivity index (χ1n) is 10.3. The molecule has 5 nitrogen and oxygen atoms in total. The Morgan fingerprint density at radius 3 is 2.43 bits per heavy atom. The van der Waals surface area contributed by atoms with Crippen molar-refractivity contribution in [1.29, 1.82) is 0 Å². The molecule has 0 spiro atoms. The molecule has 2 aromatic rings. The largest absolute Gasteiger partial charge is 0.353 e. The van der Waals surface area contributed by atoms with Gasteiger partial charge in [0.2, 0.25) is 5.91 Å². The summed E-state index contributed by atoms with van der Waals surface area (Å²) in [5, 5.41) is 0. The number of hydrogen-bond donors (Lipinski definition) is 0. The summed E-state index contributed by atoms with van der Waals surface area (Å²) in [4.78, 5) is 25.6. The molecule has 2 fully saturated rings. The van der Waals surface area contributed by atoms with Crippen LogP contribution in [0.25, 0.3) is 11.3 Å². The van der Waals surface area contributed by atoms with Gasteiger partial charge >= 0.3 is 0 Å². The predicted molar refractivity (Wildman–Crippen MR) is 107 cm³/mol. The minimum atomic E-state index is -0.257. The van der Waals surface area contributed by atoms with E-state index < -0.39 is 0 Å². The fourth-order valence-electron chi connectivity index (χ4n) is 4.25. The average molecular weight is 382 g/mol. The maximum atomic E-state index is 13.1. The van der Waals surface area contributed by atoms with E-state index in [0.29, 0.717) is 18.2 Å². The van der Waals surface area contributed by atoms with Crippen LogP contribution in [-0.2, 0) is 4.79 Å². The second-order valence-electron chi connectivity index (χ2n) is 7.84. The van der Waals surface area contributed by atoms with Crippen molar-refractivity contribution in [2.75, 3.05) is 31.1 Å². The van der Waals surface area contributed by atoms with E-state index in [1.165, 1.54) is 44.2 Å². The quantitative estimate of drug-likeness (QED) is 0.805. The number of piperazine rings is 1. The van der Waals surface area contributed by atoms with E-state index in [1.807, 2.05) is 11.0 Å². The SMILES string of the molecule is O=C(CC1CCCCC1)N1CCN(c2cc(-c3ccc(F)cc3)ncn2)CC1. The molecule has 0 unspecified atom stereocenters. The number of rotatable bonds is 4. The Kier molecular flexibility index (Phi) is 5.84. The van der Waals surface area contributed by atoms with Crippen LogP contribution in [0.2, 0.25) is 0 Å². The van der Waals surface area contributed by atoms with Crippen LogP contribution in [-0.4, -0.2) is 47.0 Å². The first-order chi connectivity index (χ1) is 13.7. The number of aromatic nitrogens is 2. The molecule has 2 heterocycles. The monoisotopic (exact) mass is 382 g/mol. The van der Waals surface area contributed by atoms with Crippen molar-refractivity contribution in [3.63, 3.8) is 0 Å². The van der Waals surface area contributed by atoms with Gasteiger partial charge in [0, 0.05) is 44.2 Å². The highest BCUT2D eigenvalue weighted by Crippen LogP contribution is 2.27. The standard InChI is InChI=1S/C22H27FN4O/c23-19-8-6-18(7-9-19)20-15-21(25-16-24-20)26-10-12-27(13-11-26)22(28)14-17-4-2-1-3-5-17/h6-9,15-17H,1-5,10-14H2. The second-order valence-corrected chi connectivity index (χ2v) is 7.84. The van der Waals surface area contributed by atoms with Gasteiger partial charge in [-0.25, -0.2) is 14.4 Å². The molecule has 2 aliphatic rings. The molecule has 1 aromatic heterocycles. The van der Waals surface area contributed by atoms with Crippen molar-refractivity contribution in [3.8, 4) is 11.3 Å². The highest BCUT2D eigenvalue weighted by molar-refractivity contribution is 5.76. The summed E-state index contributed by atoms with van der Waals surface area (Å²) >= 11 is 0. The molecule has 1 saturated carbocycles. The summed E-state index contributed by atoms with van der Waals surface area (Å²) < 4.78 is 13.1. The smallest absolute Gasteiger partial charge is 0.222 e. The summed E-state index contributed by atoms with van der Waals surface area (Å²) in [5.74, 6) is 1.49. The summed E-state index contributed by atoms with van der Waals surface area (Å²) in [6, 6.07) is 8.26. The summed E-state index contributed by atoms with van der Waals surface area (Å²) in [7, 11) is 0. The van der Waals surface area contributed by atoms with Crippen LogP contribution in [0.3, 0.4) is 0 Å². The molecule has 1 aromatic carbocycles. The molecule has 4 rings (SSSR count). The van der Waals surface area contributed by atoms with Crippen molar-refractivity contribution < 1.29 is 9.18 Å². The van der Waals surface area contributed by atoms with Crippen LogP contribution in [0.5, 0.6) is 0 Å². The van der Waals surface area contributed by atoms with Crippen molar-refractivity contribution in [3.05, 3.63) is 42.5 Å². The Balaban J connectivity index is 1.35. The number of hydrogen-bond acceptors (Lipinski definition) is 4. The molecule has 1 aliphatic heterocycles. The zero-order valence-electron chi connectivity index (χ0n) is 16.2. The van der Waals surface area contributed by atoms with Crippen LogP contribution >= 0.6 is 0 Å². The van der Waals surface area contributed by atoms with Crippen molar-refractivity contribution >= 4 is 11.7 Å². The van der Waals surface area contributed by atoms with E-state index in [4.69, 9.17) is 0 Å². The lowest BCUT2D eigenvalue weighted by Crippen LogP contribution is -2.49. The van der Waals surface area contributed by atoms with Gasteiger partial charge in [0.15, 0.2) is 0 Å². The second kappa shape index (κ2) is 8.67. The molecule has 0 N–H and O–H groups in total. The van der Waals surface area contributed by atoms with Gasteiger partial charge in [0.1, 0.15) is 18.0 Å². The van der Waals surface area contributed by atoms with Crippen LogP contribution in [0.15, 0.2) is 36.7 Å². The van der Waals surface area contributed by atoms with Gasteiger partial charge in [0.05, 0.1) is 5.69 Å². The normalized spacial score (nSPS) is 18.3. The van der Waals surface area contributed by atoms with Crippen molar-refractivity contribution in [2.45, 2.75) is 38.5 Å². The van der Waals surface area contributed by atoms with E-state index in [2.05, 4.69) is 14.9 Å². The Morgan fingerprint density at radius 2 is 1.71 bits per heavy atom. The Labute approximate surface area is 165 Å². The summed E-state index contributed by atoms with van der Waals surface area (Å²) in [6.45, 7) is 3.02. The zero-order chi connectivity index (χ0) is 19.3. The van der Waals surface area contributed by atoms with E-state index in [9.17, 15) is 9.18 Å². The van der Waals surface area contributed by atoms with Crippen molar-refractivity contribution in [1.82, 2.24) is 14.9 Å². The first-order valence-corrected chi connectivity index (χ1v) is 10.3. The fraction of sp³-hybridized carbons (Fsp3) is 0.500. The fourth-order valence-corrected chi connectivity index (χ4v) is 4.25. The number of benzene rings is 1. The minimum absolute atomic E-state index is 0.257. The Hall–Kier alpha value is -2.50. The van der Waals surface area contributed by atoms with Gasteiger partial charge in [-0.2, -0.15) is 0 Å². The molecule has 1 aliphatic carbocycles. The predicted octanol–water partition coefficient (Wildman–Crippen LogP) is 3.90. The molecule has 0 bridgehead atoms. The molecular formula is C22H27FN4O. The van der Waals surface area contributed by atoms with E-state index in [-0.39, 0.29) is 5.82 Å². The van der Waals surface area contributed by atoms with Gasteiger partial charge in [-0.05, 0) is 43.0 Å². The van der Waals surface area contributed by atoms with Gasteiger partial charge < -0.3 is 9.80 Å². The molecule has 0 radical (unpaired) electrons. The zero-order valence-corrected chi connectivity index (χ0v) is 16.2. The molecule has 28 heavy (non-hydrogen) atoms. The maximum absolute atomic E-state index is 13.1. The van der Waals surface area contributed by atoms with Crippen LogP contribution in [0.4, 0.5) is 10.2 Å². The van der Waals surface area contributed by atoms with Crippen LogP contribution < -0.4 is 4.90 Å². The Morgan fingerprint density at radius 1 is 1.00 bits per heavy atom. The highest BCUT2D eigenvalue weighted by Gasteiger charge is 2.25. The number of anilines is 1. The van der Waals surface area contributed by atoms with Gasteiger partial charge in [-0.15, -0.1) is 0 Å². The molecule has 148 valence electrons. The molecule has 1 amide bonds. The third-order valence-electron chi connectivity index (χ3n) is 5.94. The summed E-state index contributed by atoms with van der Waals surface area (Å²) in [5.41, 5.74) is 1.65. The number of carbonyl (C=O) groups is 1. The molecular weight excluding hydrogens is 355 g/mol. The van der Waals surface area contributed by atoms with Gasteiger partial charge in [-0.1, -0.05) is 19.3 Å². The molecule has 6 heteroatoms. The lowest BCUT2D eigenvalue weighted by Gasteiger charge is -2.36. The van der Waals surface area contributed by atoms with Crippen LogP contribution in [0, 0.1) is 11.7 Å². The minimum Gasteiger partial charge on any atom is -0.353 e. The van der Waals surface area contributed by atoms with E-state index in [1.54, 1.807) is 18.5 Å². The number of amides is 1. The van der Waals surface area contributed by atoms with Crippen molar-refractivity contribution in [2.24, 2.45) is 5.92 Å². The third kappa shape index (κ3) is 4.49. The van der Waals surface area contributed by atoms with Crippen LogP contribution in [0.1, 0.15) is 38.5 Å². The average Bonchev–Trinajstić information content (AvgIpc) is 2.75. The van der Waals surface area contributed by atoms with Gasteiger partial charge in [0.25, 0.3) is 0 Å².